The highest BCUT2D eigenvalue weighted by atomic mass is 35.5. The third kappa shape index (κ3) is 6.85. The van der Waals surface area contributed by atoms with Crippen molar-refractivity contribution in [2.24, 2.45) is 0 Å². The Labute approximate surface area is 237 Å². The number of hydrogen-bond acceptors (Lipinski definition) is 6. The van der Waals surface area contributed by atoms with Gasteiger partial charge in [0, 0.05) is 19.3 Å². The third-order valence-electron chi connectivity index (χ3n) is 6.52. The molecular formula is C28H29ClN4O6S. The summed E-state index contributed by atoms with van der Waals surface area (Å²) in [6.45, 7) is 1.90. The Morgan fingerprint density at radius 2 is 1.82 bits per heavy atom. The van der Waals surface area contributed by atoms with Gasteiger partial charge in [0.1, 0.15) is 5.15 Å². The Kier molecular flexibility index (Phi) is 9.18. The van der Waals surface area contributed by atoms with Crippen molar-refractivity contribution in [3.05, 3.63) is 100 Å². The molecule has 0 spiro atoms. The molecule has 2 unspecified atom stereocenters. The molecule has 1 saturated heterocycles. The SMILES string of the molecule is Cc1cccc(C(CC(=O)O)NC(=O)C2N(C(=O)c3cccnc3Cl)CCCN2S(=O)(=O)Cc2ccccc2)c1. The molecule has 12 heteroatoms. The van der Waals surface area contributed by atoms with Crippen molar-refractivity contribution in [1.29, 1.82) is 0 Å². The number of sulfonamides is 1. The lowest BCUT2D eigenvalue weighted by Crippen LogP contribution is -2.63. The normalized spacial score (nSPS) is 16.8. The number of halogens is 1. The minimum absolute atomic E-state index is 0.00809. The standard InChI is InChI=1S/C28H29ClN4O6S/c1-19-8-5-11-21(16-19)23(17-24(34)35)31-26(36)27-32(28(37)22-12-6-13-30-25(22)29)14-7-15-33(27)40(38,39)18-20-9-3-2-4-10-20/h2-6,8-13,16,23,27H,7,14-15,17-18H2,1H3,(H,31,36)(H,34,35). The van der Waals surface area contributed by atoms with Crippen LogP contribution in [-0.4, -0.2) is 64.8 Å². The van der Waals surface area contributed by atoms with Gasteiger partial charge in [-0.1, -0.05) is 71.8 Å². The molecule has 1 aliphatic rings. The summed E-state index contributed by atoms with van der Waals surface area (Å²) in [6.07, 6.45) is -0.333. The number of benzene rings is 2. The fraction of sp³-hybridized carbons (Fsp3) is 0.286. The van der Waals surface area contributed by atoms with Crippen molar-refractivity contribution in [2.45, 2.75) is 37.7 Å². The quantitative estimate of drug-likeness (QED) is 0.368. The van der Waals surface area contributed by atoms with Gasteiger partial charge >= 0.3 is 5.97 Å². The van der Waals surface area contributed by atoms with Crippen LogP contribution in [0.3, 0.4) is 0 Å². The number of carboxylic acids is 1. The van der Waals surface area contributed by atoms with Crippen molar-refractivity contribution in [3.63, 3.8) is 0 Å². The molecule has 10 nitrogen and oxygen atoms in total. The number of aromatic nitrogens is 1. The Morgan fingerprint density at radius 3 is 2.50 bits per heavy atom. The van der Waals surface area contributed by atoms with Gasteiger partial charge in [0.05, 0.1) is 23.8 Å². The summed E-state index contributed by atoms with van der Waals surface area (Å²) in [5.74, 6) is -3.02. The molecule has 1 aliphatic heterocycles. The summed E-state index contributed by atoms with van der Waals surface area (Å²) in [7, 11) is -4.11. The zero-order valence-corrected chi connectivity index (χ0v) is 23.3. The summed E-state index contributed by atoms with van der Waals surface area (Å²) in [6, 6.07) is 17.5. The van der Waals surface area contributed by atoms with Gasteiger partial charge < -0.3 is 15.3 Å². The van der Waals surface area contributed by atoms with Crippen LogP contribution < -0.4 is 5.32 Å². The maximum atomic E-state index is 13.9. The second kappa shape index (κ2) is 12.6. The molecule has 2 N–H and O–H groups in total. The minimum Gasteiger partial charge on any atom is -0.481 e. The van der Waals surface area contributed by atoms with E-state index in [1.807, 2.05) is 13.0 Å². The van der Waals surface area contributed by atoms with Crippen LogP contribution in [0, 0.1) is 6.92 Å². The maximum Gasteiger partial charge on any atom is 0.305 e. The highest BCUT2D eigenvalue weighted by Crippen LogP contribution is 2.27. The molecule has 3 aromatic rings. The van der Waals surface area contributed by atoms with Crippen LogP contribution in [0.2, 0.25) is 5.15 Å². The van der Waals surface area contributed by atoms with Gasteiger partial charge in [0.15, 0.2) is 6.17 Å². The fourth-order valence-electron chi connectivity index (χ4n) is 4.70. The van der Waals surface area contributed by atoms with E-state index in [1.54, 1.807) is 48.5 Å². The van der Waals surface area contributed by atoms with Gasteiger partial charge in [-0.05, 0) is 36.6 Å². The number of carboxylic acid groups (broad SMARTS) is 1. The lowest BCUT2D eigenvalue weighted by Gasteiger charge is -2.42. The zero-order valence-electron chi connectivity index (χ0n) is 21.7. The number of rotatable bonds is 9. The molecular weight excluding hydrogens is 556 g/mol. The Morgan fingerprint density at radius 1 is 1.07 bits per heavy atom. The van der Waals surface area contributed by atoms with Crippen molar-refractivity contribution in [2.75, 3.05) is 13.1 Å². The topological polar surface area (TPSA) is 137 Å². The summed E-state index contributed by atoms with van der Waals surface area (Å²) in [5, 5.41) is 12.2. The number of carbonyl (C=O) groups excluding carboxylic acids is 2. The van der Waals surface area contributed by atoms with E-state index in [9.17, 15) is 27.9 Å². The average molecular weight is 585 g/mol. The number of amides is 2. The maximum absolute atomic E-state index is 13.9. The molecule has 4 rings (SSSR count). The first-order valence-corrected chi connectivity index (χ1v) is 14.6. The monoisotopic (exact) mass is 584 g/mol. The summed E-state index contributed by atoms with van der Waals surface area (Å²) in [4.78, 5) is 44.4. The summed E-state index contributed by atoms with van der Waals surface area (Å²) < 4.78 is 28.4. The largest absolute Gasteiger partial charge is 0.481 e. The van der Waals surface area contributed by atoms with Crippen LogP contribution in [0.25, 0.3) is 0 Å². The smallest absolute Gasteiger partial charge is 0.305 e. The molecule has 2 heterocycles. The number of hydrogen-bond donors (Lipinski definition) is 2. The van der Waals surface area contributed by atoms with Gasteiger partial charge in [-0.15, -0.1) is 0 Å². The molecule has 210 valence electrons. The number of aliphatic carboxylic acids is 1. The van der Waals surface area contributed by atoms with Crippen molar-refractivity contribution in [1.82, 2.24) is 19.5 Å². The second-order valence-corrected chi connectivity index (χ2v) is 11.8. The zero-order chi connectivity index (χ0) is 28.9. The Hall–Kier alpha value is -3.80. The Balaban J connectivity index is 1.74. The molecule has 0 bridgehead atoms. The van der Waals surface area contributed by atoms with Gasteiger partial charge in [-0.25, -0.2) is 13.4 Å². The predicted molar refractivity (Wildman–Crippen MR) is 149 cm³/mol. The van der Waals surface area contributed by atoms with E-state index < -0.39 is 46.4 Å². The Bertz CT molecular complexity index is 1500. The fourth-order valence-corrected chi connectivity index (χ4v) is 6.60. The van der Waals surface area contributed by atoms with Crippen LogP contribution in [0.4, 0.5) is 0 Å². The number of nitrogens with zero attached hydrogens (tertiary/aromatic N) is 3. The lowest BCUT2D eigenvalue weighted by atomic mass is 10.0. The predicted octanol–water partition coefficient (Wildman–Crippen LogP) is 3.38. The van der Waals surface area contributed by atoms with E-state index in [-0.39, 0.29) is 36.0 Å². The third-order valence-corrected chi connectivity index (χ3v) is 8.62. The van der Waals surface area contributed by atoms with E-state index in [0.717, 1.165) is 14.8 Å². The number of pyridine rings is 1. The van der Waals surface area contributed by atoms with E-state index in [1.165, 1.54) is 18.3 Å². The van der Waals surface area contributed by atoms with Crippen LogP contribution in [0.15, 0.2) is 72.9 Å². The molecule has 2 atom stereocenters. The van der Waals surface area contributed by atoms with Gasteiger partial charge in [0.2, 0.25) is 10.0 Å². The summed E-state index contributed by atoms with van der Waals surface area (Å²) in [5.41, 5.74) is 1.93. The van der Waals surface area contributed by atoms with E-state index >= 15 is 0 Å². The molecule has 0 radical (unpaired) electrons. The van der Waals surface area contributed by atoms with Crippen molar-refractivity contribution >= 4 is 39.4 Å². The molecule has 2 amide bonds. The van der Waals surface area contributed by atoms with Gasteiger partial charge in [-0.2, -0.15) is 4.31 Å². The first-order chi connectivity index (χ1) is 19.1. The molecule has 40 heavy (non-hydrogen) atoms. The van der Waals surface area contributed by atoms with Gasteiger partial charge in [-0.3, -0.25) is 14.4 Å². The average Bonchev–Trinajstić information content (AvgIpc) is 2.92. The molecule has 0 aliphatic carbocycles. The number of aryl methyl sites for hydroxylation is 1. The second-order valence-electron chi connectivity index (χ2n) is 9.49. The van der Waals surface area contributed by atoms with E-state index in [4.69, 9.17) is 11.6 Å². The lowest BCUT2D eigenvalue weighted by molar-refractivity contribution is -0.138. The van der Waals surface area contributed by atoms with Gasteiger partial charge in [0.25, 0.3) is 11.8 Å². The highest BCUT2D eigenvalue weighted by Gasteiger charge is 2.44. The minimum atomic E-state index is -4.11. The number of carbonyl (C=O) groups is 3. The first kappa shape index (κ1) is 29.2. The van der Waals surface area contributed by atoms with E-state index in [2.05, 4.69) is 10.3 Å². The first-order valence-electron chi connectivity index (χ1n) is 12.6. The van der Waals surface area contributed by atoms with Crippen molar-refractivity contribution in [3.8, 4) is 0 Å². The summed E-state index contributed by atoms with van der Waals surface area (Å²) >= 11 is 6.18. The highest BCUT2D eigenvalue weighted by molar-refractivity contribution is 7.88. The molecule has 0 saturated carbocycles. The molecule has 1 aromatic heterocycles. The van der Waals surface area contributed by atoms with Crippen LogP contribution in [-0.2, 0) is 25.4 Å². The molecule has 2 aromatic carbocycles. The van der Waals surface area contributed by atoms with Crippen LogP contribution >= 0.6 is 11.6 Å². The molecule has 1 fully saturated rings. The van der Waals surface area contributed by atoms with Crippen LogP contribution in [0.1, 0.15) is 45.9 Å². The van der Waals surface area contributed by atoms with Crippen molar-refractivity contribution < 1.29 is 27.9 Å². The number of nitrogens with one attached hydrogen (secondary N) is 1. The van der Waals surface area contributed by atoms with Crippen LogP contribution in [0.5, 0.6) is 0 Å². The van der Waals surface area contributed by atoms with E-state index in [0.29, 0.717) is 11.1 Å².